The van der Waals surface area contributed by atoms with Crippen molar-refractivity contribution in [1.82, 2.24) is 15.5 Å². The first-order valence-corrected chi connectivity index (χ1v) is 11.2. The van der Waals surface area contributed by atoms with Crippen LogP contribution in [0.1, 0.15) is 53.4 Å². The number of aliphatic imine (C=N–C) groups is 1. The third-order valence-corrected chi connectivity index (χ3v) is 5.37. The van der Waals surface area contributed by atoms with Crippen LogP contribution in [0.25, 0.3) is 0 Å². The molecule has 1 unspecified atom stereocenters. The van der Waals surface area contributed by atoms with Gasteiger partial charge in [-0.3, -0.25) is 4.79 Å². The standard InChI is InChI=1S/C25H34N4O2.HI/c1-4-13-27-24(30)21-11-8-10-20(16-21)17-28-25(26-5-2)29-14-15-31-23(18-29)22-12-7-6-9-19(22)3;/h6-12,16,23H,4-5,13-15,17-18H2,1-3H3,(H,26,28)(H,27,30);1H. The second-order valence-corrected chi connectivity index (χ2v) is 7.79. The summed E-state index contributed by atoms with van der Waals surface area (Å²) in [5, 5.41) is 6.34. The van der Waals surface area contributed by atoms with Crippen LogP contribution in [0.5, 0.6) is 0 Å². The van der Waals surface area contributed by atoms with Gasteiger partial charge in [-0.2, -0.15) is 0 Å². The molecule has 0 bridgehead atoms. The zero-order valence-electron chi connectivity index (χ0n) is 19.3. The van der Waals surface area contributed by atoms with E-state index in [1.807, 2.05) is 31.2 Å². The van der Waals surface area contributed by atoms with Gasteiger partial charge in [0.05, 0.1) is 19.7 Å². The Morgan fingerprint density at radius 3 is 2.72 bits per heavy atom. The molecule has 1 amide bonds. The van der Waals surface area contributed by atoms with Crippen LogP contribution in [0.15, 0.2) is 53.5 Å². The number of hydrogen-bond acceptors (Lipinski definition) is 3. The van der Waals surface area contributed by atoms with E-state index in [1.165, 1.54) is 11.1 Å². The Labute approximate surface area is 208 Å². The van der Waals surface area contributed by atoms with Crippen molar-refractivity contribution >= 4 is 35.8 Å². The van der Waals surface area contributed by atoms with Crippen LogP contribution in [0, 0.1) is 6.92 Å². The molecule has 1 aliphatic rings. The summed E-state index contributed by atoms with van der Waals surface area (Å²) >= 11 is 0. The van der Waals surface area contributed by atoms with Crippen molar-refractivity contribution in [2.45, 2.75) is 39.8 Å². The predicted octanol–water partition coefficient (Wildman–Crippen LogP) is 4.29. The number of nitrogens with one attached hydrogen (secondary N) is 2. The van der Waals surface area contributed by atoms with E-state index in [0.29, 0.717) is 25.3 Å². The number of carbonyl (C=O) groups is 1. The summed E-state index contributed by atoms with van der Waals surface area (Å²) in [5.41, 5.74) is 4.17. The fourth-order valence-electron chi connectivity index (χ4n) is 3.72. The number of hydrogen-bond donors (Lipinski definition) is 2. The quantitative estimate of drug-likeness (QED) is 0.307. The van der Waals surface area contributed by atoms with Crippen LogP contribution >= 0.6 is 24.0 Å². The van der Waals surface area contributed by atoms with Crippen LogP contribution in [-0.4, -0.2) is 49.6 Å². The van der Waals surface area contributed by atoms with Crippen molar-refractivity contribution in [3.8, 4) is 0 Å². The second-order valence-electron chi connectivity index (χ2n) is 7.79. The highest BCUT2D eigenvalue weighted by molar-refractivity contribution is 14.0. The van der Waals surface area contributed by atoms with Gasteiger partial charge in [-0.25, -0.2) is 4.99 Å². The Morgan fingerprint density at radius 1 is 1.16 bits per heavy atom. The molecule has 1 atom stereocenters. The zero-order chi connectivity index (χ0) is 22.1. The average Bonchev–Trinajstić information content (AvgIpc) is 2.80. The largest absolute Gasteiger partial charge is 0.370 e. The summed E-state index contributed by atoms with van der Waals surface area (Å²) in [7, 11) is 0. The summed E-state index contributed by atoms with van der Waals surface area (Å²) in [6, 6.07) is 16.1. The van der Waals surface area contributed by atoms with Gasteiger partial charge in [-0.05, 0) is 49.1 Å². The monoisotopic (exact) mass is 550 g/mol. The number of halogens is 1. The van der Waals surface area contributed by atoms with Crippen LogP contribution in [0.2, 0.25) is 0 Å². The molecule has 6 nitrogen and oxygen atoms in total. The number of amides is 1. The maximum Gasteiger partial charge on any atom is 0.251 e. The van der Waals surface area contributed by atoms with E-state index in [9.17, 15) is 4.79 Å². The lowest BCUT2D eigenvalue weighted by Gasteiger charge is -2.35. The van der Waals surface area contributed by atoms with Crippen molar-refractivity contribution in [1.29, 1.82) is 0 Å². The van der Waals surface area contributed by atoms with Gasteiger partial charge in [-0.15, -0.1) is 24.0 Å². The summed E-state index contributed by atoms with van der Waals surface area (Å²) in [6.07, 6.45) is 0.953. The Morgan fingerprint density at radius 2 is 1.97 bits per heavy atom. The predicted molar refractivity (Wildman–Crippen MR) is 141 cm³/mol. The number of rotatable bonds is 7. The molecule has 0 spiro atoms. The molecule has 0 aliphatic carbocycles. The third kappa shape index (κ3) is 7.20. The Hall–Kier alpha value is -2.13. The molecule has 2 aromatic carbocycles. The number of morpholine rings is 1. The highest BCUT2D eigenvalue weighted by Gasteiger charge is 2.25. The molecular formula is C25H35IN4O2. The number of benzene rings is 2. The summed E-state index contributed by atoms with van der Waals surface area (Å²) in [4.78, 5) is 19.4. The molecule has 2 N–H and O–H groups in total. The number of nitrogens with zero attached hydrogens (tertiary/aromatic N) is 2. The molecule has 174 valence electrons. The van der Waals surface area contributed by atoms with Crippen LogP contribution < -0.4 is 10.6 Å². The highest BCUT2D eigenvalue weighted by atomic mass is 127. The lowest BCUT2D eigenvalue weighted by atomic mass is 10.0. The normalized spacial score (nSPS) is 16.3. The van der Waals surface area contributed by atoms with Gasteiger partial charge in [0.15, 0.2) is 5.96 Å². The molecule has 2 aromatic rings. The van der Waals surface area contributed by atoms with Crippen LogP contribution in [0.3, 0.4) is 0 Å². The second kappa shape index (κ2) is 13.4. The molecule has 1 fully saturated rings. The van der Waals surface area contributed by atoms with E-state index >= 15 is 0 Å². The zero-order valence-corrected chi connectivity index (χ0v) is 21.6. The molecule has 3 rings (SSSR count). The molecule has 0 aromatic heterocycles. The summed E-state index contributed by atoms with van der Waals surface area (Å²) < 4.78 is 6.07. The van der Waals surface area contributed by atoms with E-state index < -0.39 is 0 Å². The van der Waals surface area contributed by atoms with Crippen molar-refractivity contribution < 1.29 is 9.53 Å². The van der Waals surface area contributed by atoms with Gasteiger partial charge < -0.3 is 20.3 Å². The number of carbonyl (C=O) groups excluding carboxylic acids is 1. The maximum atomic E-state index is 12.3. The van der Waals surface area contributed by atoms with Crippen LogP contribution in [-0.2, 0) is 11.3 Å². The Bertz CT molecular complexity index is 903. The van der Waals surface area contributed by atoms with E-state index in [1.54, 1.807) is 0 Å². The molecule has 32 heavy (non-hydrogen) atoms. The lowest BCUT2D eigenvalue weighted by molar-refractivity contribution is -0.00834. The number of ether oxygens (including phenoxy) is 1. The van der Waals surface area contributed by atoms with E-state index in [4.69, 9.17) is 9.73 Å². The van der Waals surface area contributed by atoms with Gasteiger partial charge in [0.1, 0.15) is 6.10 Å². The van der Waals surface area contributed by atoms with Crippen molar-refractivity contribution in [3.05, 3.63) is 70.8 Å². The minimum absolute atomic E-state index is 0. The highest BCUT2D eigenvalue weighted by Crippen LogP contribution is 2.25. The molecule has 0 radical (unpaired) electrons. The van der Waals surface area contributed by atoms with Gasteiger partial charge >= 0.3 is 0 Å². The summed E-state index contributed by atoms with van der Waals surface area (Å²) in [5.74, 6) is 0.846. The topological polar surface area (TPSA) is 66.0 Å². The molecule has 1 aliphatic heterocycles. The number of aryl methyl sites for hydroxylation is 1. The van der Waals surface area contributed by atoms with Crippen molar-refractivity contribution in [2.75, 3.05) is 32.8 Å². The van der Waals surface area contributed by atoms with Gasteiger partial charge in [0.25, 0.3) is 5.91 Å². The van der Waals surface area contributed by atoms with E-state index in [0.717, 1.165) is 37.6 Å². The van der Waals surface area contributed by atoms with Gasteiger partial charge in [0.2, 0.25) is 0 Å². The fourth-order valence-corrected chi connectivity index (χ4v) is 3.72. The minimum Gasteiger partial charge on any atom is -0.370 e. The Balaban J connectivity index is 0.00000363. The molecule has 1 heterocycles. The van der Waals surface area contributed by atoms with E-state index in [-0.39, 0.29) is 36.0 Å². The van der Waals surface area contributed by atoms with Gasteiger partial charge in [0, 0.05) is 25.2 Å². The minimum atomic E-state index is -0.0335. The van der Waals surface area contributed by atoms with Gasteiger partial charge in [-0.1, -0.05) is 43.3 Å². The van der Waals surface area contributed by atoms with E-state index in [2.05, 4.69) is 53.6 Å². The first kappa shape index (κ1) is 26.1. The molecular weight excluding hydrogens is 515 g/mol. The molecule has 0 saturated carbocycles. The fraction of sp³-hybridized carbons (Fsp3) is 0.440. The smallest absolute Gasteiger partial charge is 0.251 e. The maximum absolute atomic E-state index is 12.3. The van der Waals surface area contributed by atoms with Crippen LogP contribution in [0.4, 0.5) is 0 Å². The first-order chi connectivity index (χ1) is 15.1. The third-order valence-electron chi connectivity index (χ3n) is 5.37. The summed E-state index contributed by atoms with van der Waals surface area (Å²) in [6.45, 7) is 10.5. The molecule has 7 heteroatoms. The Kier molecular flexibility index (Phi) is 11.0. The van der Waals surface area contributed by atoms with Crippen molar-refractivity contribution in [2.24, 2.45) is 4.99 Å². The first-order valence-electron chi connectivity index (χ1n) is 11.2. The average molecular weight is 550 g/mol. The SMILES string of the molecule is CCCNC(=O)c1cccc(CN=C(NCC)N2CCOC(c3ccccc3C)C2)c1.I. The molecule has 1 saturated heterocycles. The van der Waals surface area contributed by atoms with Crippen molar-refractivity contribution in [3.63, 3.8) is 0 Å². The number of guanidine groups is 1. The lowest BCUT2D eigenvalue weighted by Crippen LogP contribution is -2.48.